The van der Waals surface area contributed by atoms with Gasteiger partial charge in [-0.3, -0.25) is 0 Å². The standard InChI is InChI=1S/C8H17/c1-4-5-6-7-8(2)3/h8H,2,4-7H2,1,3H3/q+1. The van der Waals surface area contributed by atoms with Crippen LogP contribution in [0.15, 0.2) is 0 Å². The van der Waals surface area contributed by atoms with Crippen LogP contribution in [0.4, 0.5) is 0 Å². The Kier molecular flexibility index (Phi) is 4.93. The lowest BCUT2D eigenvalue weighted by Crippen LogP contribution is -1.85. The van der Waals surface area contributed by atoms with Gasteiger partial charge < -0.3 is 0 Å². The lowest BCUT2D eigenvalue weighted by atomic mass is 10.1. The van der Waals surface area contributed by atoms with Crippen molar-refractivity contribution in [2.75, 3.05) is 0 Å². The van der Waals surface area contributed by atoms with Crippen LogP contribution in [0.1, 0.15) is 39.5 Å². The first-order valence-electron chi connectivity index (χ1n) is 3.60. The van der Waals surface area contributed by atoms with E-state index in [2.05, 4.69) is 20.8 Å². The molecule has 0 aliphatic rings. The Labute approximate surface area is 53.3 Å². The predicted octanol–water partition coefficient (Wildman–Crippen LogP) is 3.04. The maximum Gasteiger partial charge on any atom is 0.0925 e. The lowest BCUT2D eigenvalue weighted by molar-refractivity contribution is 0.573. The molecule has 0 saturated carbocycles. The van der Waals surface area contributed by atoms with Crippen LogP contribution in [0.2, 0.25) is 0 Å². The maximum absolute atomic E-state index is 3.91. The number of unbranched alkanes of at least 4 members (excludes halogenated alkanes) is 2. The predicted molar refractivity (Wildman–Crippen MR) is 38.7 cm³/mol. The van der Waals surface area contributed by atoms with Gasteiger partial charge in [-0.1, -0.05) is 19.8 Å². The van der Waals surface area contributed by atoms with Gasteiger partial charge in [0, 0.05) is 0 Å². The second kappa shape index (κ2) is 5.02. The van der Waals surface area contributed by atoms with Gasteiger partial charge in [0.25, 0.3) is 0 Å². The third kappa shape index (κ3) is 5.87. The molecule has 0 heterocycles. The second-order valence-electron chi connectivity index (χ2n) is 2.60. The minimum atomic E-state index is 0.654. The van der Waals surface area contributed by atoms with Crippen molar-refractivity contribution < 1.29 is 0 Å². The molecule has 0 aromatic heterocycles. The summed E-state index contributed by atoms with van der Waals surface area (Å²) < 4.78 is 0. The van der Waals surface area contributed by atoms with Crippen LogP contribution in [0.25, 0.3) is 0 Å². The molecule has 0 rings (SSSR count). The largest absolute Gasteiger partial charge is 0.0925 e. The van der Waals surface area contributed by atoms with Crippen LogP contribution in [0, 0.1) is 12.8 Å². The Bertz CT molecular complexity index is 37.3. The molecule has 0 aliphatic carbocycles. The average Bonchev–Trinajstić information content (AvgIpc) is 1.66. The van der Waals surface area contributed by atoms with Gasteiger partial charge in [-0.2, -0.15) is 0 Å². The fourth-order valence-electron chi connectivity index (χ4n) is 0.743. The van der Waals surface area contributed by atoms with E-state index >= 15 is 0 Å². The summed E-state index contributed by atoms with van der Waals surface area (Å²) in [4.78, 5) is 0. The molecule has 0 aliphatic heterocycles. The molecule has 0 N–H and O–H groups in total. The Balaban J connectivity index is 2.72. The Hall–Kier alpha value is -0.130. The molecular weight excluding hydrogens is 96.1 g/mol. The van der Waals surface area contributed by atoms with Crippen molar-refractivity contribution >= 4 is 0 Å². The van der Waals surface area contributed by atoms with Gasteiger partial charge in [0.1, 0.15) is 0 Å². The molecule has 0 aromatic carbocycles. The fourth-order valence-corrected chi connectivity index (χ4v) is 0.743. The topological polar surface area (TPSA) is 0 Å². The highest BCUT2D eigenvalue weighted by Gasteiger charge is 1.97. The van der Waals surface area contributed by atoms with E-state index in [4.69, 9.17) is 0 Å². The number of rotatable bonds is 4. The van der Waals surface area contributed by atoms with Gasteiger partial charge in [0.05, 0.1) is 12.8 Å². The quantitative estimate of drug-likeness (QED) is 0.388. The second-order valence-corrected chi connectivity index (χ2v) is 2.60. The van der Waals surface area contributed by atoms with Gasteiger partial charge >= 0.3 is 0 Å². The smallest absolute Gasteiger partial charge is 0.0654 e. The van der Waals surface area contributed by atoms with Gasteiger partial charge in [0.2, 0.25) is 0 Å². The summed E-state index contributed by atoms with van der Waals surface area (Å²) in [5, 5.41) is 0. The molecular formula is C8H17+. The highest BCUT2D eigenvalue weighted by Crippen LogP contribution is 2.06. The zero-order valence-electron chi connectivity index (χ0n) is 6.11. The first-order chi connectivity index (χ1) is 3.77. The minimum Gasteiger partial charge on any atom is -0.0654 e. The van der Waals surface area contributed by atoms with E-state index in [1.165, 1.54) is 25.7 Å². The summed E-state index contributed by atoms with van der Waals surface area (Å²) in [7, 11) is 0. The normalized spacial score (nSPS) is 13.8. The highest BCUT2D eigenvalue weighted by molar-refractivity contribution is 4.52. The van der Waals surface area contributed by atoms with Crippen molar-refractivity contribution in [3.63, 3.8) is 0 Å². The summed E-state index contributed by atoms with van der Waals surface area (Å²) in [5.74, 6) is 0.654. The summed E-state index contributed by atoms with van der Waals surface area (Å²) in [5.41, 5.74) is 0. The maximum atomic E-state index is 3.91. The van der Waals surface area contributed by atoms with Crippen molar-refractivity contribution in [1.29, 1.82) is 0 Å². The molecule has 0 aromatic rings. The van der Waals surface area contributed by atoms with E-state index in [1.807, 2.05) is 0 Å². The van der Waals surface area contributed by atoms with Crippen molar-refractivity contribution in [3.05, 3.63) is 6.92 Å². The molecule has 1 atom stereocenters. The lowest BCUT2D eigenvalue weighted by Gasteiger charge is -1.95. The molecule has 0 radical (unpaired) electrons. The van der Waals surface area contributed by atoms with Crippen LogP contribution < -0.4 is 0 Å². The average molecular weight is 113 g/mol. The molecule has 48 valence electrons. The molecule has 8 heavy (non-hydrogen) atoms. The third-order valence-corrected chi connectivity index (χ3v) is 1.30. The van der Waals surface area contributed by atoms with Crippen LogP contribution in [-0.2, 0) is 0 Å². The summed E-state index contributed by atoms with van der Waals surface area (Å²) in [6.45, 7) is 8.32. The van der Waals surface area contributed by atoms with Crippen LogP contribution >= 0.6 is 0 Å². The van der Waals surface area contributed by atoms with Crippen molar-refractivity contribution in [1.82, 2.24) is 0 Å². The Morgan fingerprint density at radius 1 is 1.38 bits per heavy atom. The van der Waals surface area contributed by atoms with E-state index in [0.717, 1.165) is 0 Å². The van der Waals surface area contributed by atoms with E-state index < -0.39 is 0 Å². The van der Waals surface area contributed by atoms with E-state index in [9.17, 15) is 0 Å². The molecule has 0 heteroatoms. The molecule has 0 saturated heterocycles. The van der Waals surface area contributed by atoms with Crippen LogP contribution in [-0.4, -0.2) is 0 Å². The SMILES string of the molecule is [CH2+]C(C)CCCCC. The molecule has 1 unspecified atom stereocenters. The van der Waals surface area contributed by atoms with E-state index in [1.54, 1.807) is 0 Å². The first kappa shape index (κ1) is 7.87. The van der Waals surface area contributed by atoms with E-state index in [0.29, 0.717) is 5.92 Å². The van der Waals surface area contributed by atoms with Gasteiger partial charge in [-0.05, 0) is 19.8 Å². The van der Waals surface area contributed by atoms with Crippen molar-refractivity contribution in [2.45, 2.75) is 39.5 Å². The zero-order chi connectivity index (χ0) is 6.41. The Morgan fingerprint density at radius 3 is 2.38 bits per heavy atom. The summed E-state index contributed by atoms with van der Waals surface area (Å²) in [6, 6.07) is 0. The van der Waals surface area contributed by atoms with Crippen LogP contribution in [0.5, 0.6) is 0 Å². The van der Waals surface area contributed by atoms with Gasteiger partial charge in [-0.25, -0.2) is 0 Å². The summed E-state index contributed by atoms with van der Waals surface area (Å²) >= 11 is 0. The van der Waals surface area contributed by atoms with E-state index in [-0.39, 0.29) is 0 Å². The highest BCUT2D eigenvalue weighted by atomic mass is 14.0. The van der Waals surface area contributed by atoms with Crippen molar-refractivity contribution in [2.24, 2.45) is 5.92 Å². The minimum absolute atomic E-state index is 0.654. The zero-order valence-corrected chi connectivity index (χ0v) is 6.11. The molecule has 0 amide bonds. The van der Waals surface area contributed by atoms with Crippen molar-refractivity contribution in [3.8, 4) is 0 Å². The number of hydrogen-bond donors (Lipinski definition) is 0. The monoisotopic (exact) mass is 113 g/mol. The molecule has 0 fully saturated rings. The van der Waals surface area contributed by atoms with Gasteiger partial charge in [-0.15, -0.1) is 0 Å². The Morgan fingerprint density at radius 2 is 2.00 bits per heavy atom. The summed E-state index contributed by atoms with van der Waals surface area (Å²) in [6.07, 6.45) is 5.36. The molecule has 0 bridgehead atoms. The number of hydrogen-bond acceptors (Lipinski definition) is 0. The molecule has 0 spiro atoms. The first-order valence-corrected chi connectivity index (χ1v) is 3.60. The fraction of sp³-hybridized carbons (Fsp3) is 0.875. The van der Waals surface area contributed by atoms with Gasteiger partial charge in [0.15, 0.2) is 0 Å². The third-order valence-electron chi connectivity index (χ3n) is 1.30. The molecule has 0 nitrogen and oxygen atoms in total. The van der Waals surface area contributed by atoms with Crippen LogP contribution in [0.3, 0.4) is 0 Å².